The van der Waals surface area contributed by atoms with Gasteiger partial charge in [-0.3, -0.25) is 9.63 Å². The summed E-state index contributed by atoms with van der Waals surface area (Å²) in [6.07, 6.45) is 5.87. The average Bonchev–Trinajstić information content (AvgIpc) is 3.17. The van der Waals surface area contributed by atoms with Gasteiger partial charge < -0.3 is 9.64 Å². The van der Waals surface area contributed by atoms with Gasteiger partial charge >= 0.3 is 0 Å². The zero-order valence-corrected chi connectivity index (χ0v) is 11.2. The maximum Gasteiger partial charge on any atom is 0.266 e. The highest BCUT2D eigenvalue weighted by Crippen LogP contribution is 2.22. The van der Waals surface area contributed by atoms with E-state index in [0.717, 1.165) is 25.8 Å². The van der Waals surface area contributed by atoms with Gasteiger partial charge in [0.05, 0.1) is 6.61 Å². The molecule has 2 aliphatic rings. The largest absolute Gasteiger partial charge is 0.379 e. The molecule has 0 spiro atoms. The maximum atomic E-state index is 12.2. The molecule has 1 aromatic heterocycles. The van der Waals surface area contributed by atoms with Crippen molar-refractivity contribution in [3.8, 4) is 0 Å². The summed E-state index contributed by atoms with van der Waals surface area (Å²) in [4.78, 5) is 27.9. The second-order valence-corrected chi connectivity index (χ2v) is 4.97. The lowest BCUT2D eigenvalue weighted by Gasteiger charge is -2.23. The molecule has 2 saturated heterocycles. The molecule has 0 saturated carbocycles. The summed E-state index contributed by atoms with van der Waals surface area (Å²) in [5.41, 5.74) is 2.55. The van der Waals surface area contributed by atoms with E-state index in [-0.39, 0.29) is 18.1 Å². The van der Waals surface area contributed by atoms with Crippen LogP contribution in [-0.2, 0) is 14.4 Å². The van der Waals surface area contributed by atoms with Crippen molar-refractivity contribution in [2.75, 3.05) is 24.7 Å². The van der Waals surface area contributed by atoms with Gasteiger partial charge in [0.1, 0.15) is 12.1 Å². The normalized spacial score (nSPS) is 25.9. The van der Waals surface area contributed by atoms with Crippen molar-refractivity contribution in [1.29, 1.82) is 0 Å². The lowest BCUT2D eigenvalue weighted by atomic mass is 10.2. The van der Waals surface area contributed by atoms with Gasteiger partial charge in [-0.2, -0.15) is 0 Å². The summed E-state index contributed by atoms with van der Waals surface area (Å²) in [6.45, 7) is 2.01. The molecular formula is C13H18N4O3. The summed E-state index contributed by atoms with van der Waals surface area (Å²) < 4.78 is 5.20. The molecule has 1 aromatic rings. The molecular weight excluding hydrogens is 260 g/mol. The fraction of sp³-hybridized carbons (Fsp3) is 0.615. The van der Waals surface area contributed by atoms with Gasteiger partial charge in [-0.05, 0) is 18.9 Å². The smallest absolute Gasteiger partial charge is 0.266 e. The van der Waals surface area contributed by atoms with Crippen LogP contribution in [0.4, 0.5) is 5.95 Å². The van der Waals surface area contributed by atoms with Crippen molar-refractivity contribution in [3.05, 3.63) is 18.5 Å². The van der Waals surface area contributed by atoms with E-state index in [4.69, 9.17) is 9.57 Å². The van der Waals surface area contributed by atoms with Crippen molar-refractivity contribution >= 4 is 11.9 Å². The van der Waals surface area contributed by atoms with E-state index in [1.165, 1.54) is 0 Å². The number of rotatable bonds is 4. The predicted molar refractivity (Wildman–Crippen MR) is 70.9 cm³/mol. The van der Waals surface area contributed by atoms with Gasteiger partial charge in [0, 0.05) is 32.0 Å². The van der Waals surface area contributed by atoms with Crippen molar-refractivity contribution in [3.63, 3.8) is 0 Å². The molecule has 20 heavy (non-hydrogen) atoms. The molecule has 1 amide bonds. The molecule has 2 unspecified atom stereocenters. The van der Waals surface area contributed by atoms with Gasteiger partial charge in [-0.15, -0.1) is 0 Å². The lowest BCUT2D eigenvalue weighted by molar-refractivity contribution is -0.139. The zero-order chi connectivity index (χ0) is 13.8. The first-order chi connectivity index (χ1) is 9.84. The highest BCUT2D eigenvalue weighted by atomic mass is 16.7. The molecule has 1 N–H and O–H groups in total. The van der Waals surface area contributed by atoms with Crippen LogP contribution in [0.1, 0.15) is 19.3 Å². The van der Waals surface area contributed by atoms with Crippen LogP contribution < -0.4 is 10.4 Å². The van der Waals surface area contributed by atoms with Crippen molar-refractivity contribution in [2.45, 2.75) is 31.4 Å². The minimum atomic E-state index is -0.264. The van der Waals surface area contributed by atoms with Crippen LogP contribution in [0.2, 0.25) is 0 Å². The van der Waals surface area contributed by atoms with E-state index < -0.39 is 0 Å². The van der Waals surface area contributed by atoms with Crippen LogP contribution in [0.5, 0.6) is 0 Å². The fourth-order valence-electron chi connectivity index (χ4n) is 2.53. The number of hydrogen-bond acceptors (Lipinski definition) is 6. The second-order valence-electron chi connectivity index (χ2n) is 4.97. The first-order valence-corrected chi connectivity index (χ1v) is 6.91. The Morgan fingerprint density at radius 2 is 2.25 bits per heavy atom. The third-order valence-corrected chi connectivity index (χ3v) is 3.58. The Bertz CT molecular complexity index is 450. The van der Waals surface area contributed by atoms with Crippen molar-refractivity contribution < 1.29 is 14.4 Å². The number of nitrogens with one attached hydrogen (secondary N) is 1. The highest BCUT2D eigenvalue weighted by molar-refractivity contribution is 5.84. The SMILES string of the molecule is O=C(NOC1CCOC1)C1CCCN1c1ncccn1. The maximum absolute atomic E-state index is 12.2. The molecule has 7 heteroatoms. The van der Waals surface area contributed by atoms with Gasteiger partial charge in [0.2, 0.25) is 5.95 Å². The molecule has 2 atom stereocenters. The predicted octanol–water partition coefficient (Wildman–Crippen LogP) is 0.282. The minimum absolute atomic E-state index is 0.0400. The molecule has 0 aromatic carbocycles. The number of ether oxygens (including phenoxy) is 1. The summed E-state index contributed by atoms with van der Waals surface area (Å²) in [6, 6.07) is 1.50. The van der Waals surface area contributed by atoms with E-state index in [1.54, 1.807) is 18.5 Å². The lowest BCUT2D eigenvalue weighted by Crippen LogP contribution is -2.45. The quantitative estimate of drug-likeness (QED) is 0.797. The fourth-order valence-corrected chi connectivity index (χ4v) is 2.53. The number of carbonyl (C=O) groups is 1. The standard InChI is InChI=1S/C13H18N4O3/c18-12(16-20-10-4-8-19-9-10)11-3-1-7-17(11)13-14-5-2-6-15-13/h2,5-6,10-11H,1,3-4,7-9H2,(H,16,18). The van der Waals surface area contributed by atoms with Crippen molar-refractivity contribution in [1.82, 2.24) is 15.4 Å². The van der Waals surface area contributed by atoms with Crippen LogP contribution in [0.15, 0.2) is 18.5 Å². The first-order valence-electron chi connectivity index (χ1n) is 6.91. The summed E-state index contributed by atoms with van der Waals surface area (Å²) in [5, 5.41) is 0. The Hall–Kier alpha value is -1.73. The van der Waals surface area contributed by atoms with E-state index in [2.05, 4.69) is 15.4 Å². The minimum Gasteiger partial charge on any atom is -0.379 e. The summed E-state index contributed by atoms with van der Waals surface area (Å²) >= 11 is 0. The molecule has 7 nitrogen and oxygen atoms in total. The third-order valence-electron chi connectivity index (χ3n) is 3.58. The first kappa shape index (κ1) is 13.3. The molecule has 3 heterocycles. The second kappa shape index (κ2) is 6.15. The third kappa shape index (κ3) is 2.88. The Labute approximate surface area is 117 Å². The van der Waals surface area contributed by atoms with Gasteiger partial charge in [-0.25, -0.2) is 15.4 Å². The number of anilines is 1. The molecule has 0 bridgehead atoms. The molecule has 108 valence electrons. The molecule has 0 aliphatic carbocycles. The number of aromatic nitrogens is 2. The van der Waals surface area contributed by atoms with Gasteiger partial charge in [-0.1, -0.05) is 0 Å². The number of carbonyl (C=O) groups excluding carboxylic acids is 1. The van der Waals surface area contributed by atoms with Gasteiger partial charge in [0.15, 0.2) is 0 Å². The van der Waals surface area contributed by atoms with Gasteiger partial charge in [0.25, 0.3) is 5.91 Å². The Kier molecular flexibility index (Phi) is 4.08. The Morgan fingerprint density at radius 1 is 1.40 bits per heavy atom. The van der Waals surface area contributed by atoms with E-state index in [1.807, 2.05) is 4.90 Å². The van der Waals surface area contributed by atoms with Crippen LogP contribution in [0.25, 0.3) is 0 Å². The summed E-state index contributed by atoms with van der Waals surface area (Å²) in [5.74, 6) is 0.455. The monoisotopic (exact) mass is 278 g/mol. The van der Waals surface area contributed by atoms with E-state index in [0.29, 0.717) is 19.2 Å². The topological polar surface area (TPSA) is 76.6 Å². The van der Waals surface area contributed by atoms with Crippen LogP contribution in [0.3, 0.4) is 0 Å². The summed E-state index contributed by atoms with van der Waals surface area (Å²) in [7, 11) is 0. The van der Waals surface area contributed by atoms with Crippen LogP contribution >= 0.6 is 0 Å². The van der Waals surface area contributed by atoms with E-state index >= 15 is 0 Å². The molecule has 3 rings (SSSR count). The average molecular weight is 278 g/mol. The van der Waals surface area contributed by atoms with Crippen molar-refractivity contribution in [2.24, 2.45) is 0 Å². The Balaban J connectivity index is 1.58. The number of hydroxylamine groups is 1. The van der Waals surface area contributed by atoms with Crippen LogP contribution in [0, 0.1) is 0 Å². The number of amides is 1. The Morgan fingerprint density at radius 3 is 3.00 bits per heavy atom. The zero-order valence-electron chi connectivity index (χ0n) is 11.2. The molecule has 2 aliphatic heterocycles. The molecule has 0 radical (unpaired) electrons. The number of nitrogens with zero attached hydrogens (tertiary/aromatic N) is 3. The molecule has 2 fully saturated rings. The number of hydrogen-bond donors (Lipinski definition) is 1. The van der Waals surface area contributed by atoms with Crippen LogP contribution in [-0.4, -0.2) is 47.8 Å². The highest BCUT2D eigenvalue weighted by Gasteiger charge is 2.33. The van der Waals surface area contributed by atoms with E-state index in [9.17, 15) is 4.79 Å².